The molecule has 0 unspecified atom stereocenters. The summed E-state index contributed by atoms with van der Waals surface area (Å²) in [4.78, 5) is 20.8. The van der Waals surface area contributed by atoms with E-state index in [0.29, 0.717) is 31.9 Å². The van der Waals surface area contributed by atoms with Crippen molar-refractivity contribution in [3.63, 3.8) is 0 Å². The maximum atomic E-state index is 12.2. The van der Waals surface area contributed by atoms with Crippen LogP contribution < -0.4 is 10.3 Å². The number of hydrogen-bond donors (Lipinski definition) is 1. The molecule has 2 aromatic rings. The SMILES string of the molecule is CC(C)(C)OC(=O)N1CCN(c2nc3ccc(NN=C(C#N)C#N)cc3s2)CC1. The molecule has 0 bridgehead atoms. The summed E-state index contributed by atoms with van der Waals surface area (Å²) in [5, 5.41) is 22.1. The van der Waals surface area contributed by atoms with E-state index in [1.165, 1.54) is 0 Å². The number of hydrazone groups is 1. The minimum Gasteiger partial charge on any atom is -0.444 e. The fraction of sp³-hybridized carbons (Fsp3) is 0.421. The Kier molecular flexibility index (Phi) is 5.85. The lowest BCUT2D eigenvalue weighted by Gasteiger charge is -2.35. The van der Waals surface area contributed by atoms with Crippen LogP contribution in [0.1, 0.15) is 20.8 Å². The number of hydrogen-bond acceptors (Lipinski definition) is 9. The summed E-state index contributed by atoms with van der Waals surface area (Å²) in [6.45, 7) is 8.10. The van der Waals surface area contributed by atoms with E-state index in [-0.39, 0.29) is 11.8 Å². The predicted molar refractivity (Wildman–Crippen MR) is 112 cm³/mol. The van der Waals surface area contributed by atoms with Crippen molar-refractivity contribution in [1.29, 1.82) is 10.5 Å². The average molecular weight is 411 g/mol. The van der Waals surface area contributed by atoms with Crippen molar-refractivity contribution < 1.29 is 9.53 Å². The molecule has 0 atom stereocenters. The molecule has 1 saturated heterocycles. The molecule has 150 valence electrons. The van der Waals surface area contributed by atoms with Crippen molar-refractivity contribution in [3.05, 3.63) is 18.2 Å². The molecule has 0 spiro atoms. The van der Waals surface area contributed by atoms with E-state index in [2.05, 4.69) is 20.4 Å². The van der Waals surface area contributed by atoms with Crippen LogP contribution in [0.2, 0.25) is 0 Å². The minimum atomic E-state index is -0.502. The molecule has 1 aliphatic heterocycles. The Labute approximate surface area is 172 Å². The van der Waals surface area contributed by atoms with E-state index >= 15 is 0 Å². The van der Waals surface area contributed by atoms with Gasteiger partial charge in [-0.25, -0.2) is 9.78 Å². The lowest BCUT2D eigenvalue weighted by atomic mass is 10.2. The predicted octanol–water partition coefficient (Wildman–Crippen LogP) is 3.17. The summed E-state index contributed by atoms with van der Waals surface area (Å²) in [6, 6.07) is 8.94. The highest BCUT2D eigenvalue weighted by atomic mass is 32.1. The molecule has 9 nitrogen and oxygen atoms in total. The number of nitriles is 2. The number of thiazole rings is 1. The number of benzene rings is 1. The van der Waals surface area contributed by atoms with Crippen LogP contribution in [0, 0.1) is 22.7 Å². The Balaban J connectivity index is 1.66. The molecule has 2 heterocycles. The van der Waals surface area contributed by atoms with E-state index < -0.39 is 5.60 Å². The van der Waals surface area contributed by atoms with Crippen LogP contribution in [0.4, 0.5) is 15.6 Å². The number of nitrogens with zero attached hydrogens (tertiary/aromatic N) is 6. The molecule has 1 aliphatic rings. The second-order valence-corrected chi connectivity index (χ2v) is 8.44. The third kappa shape index (κ3) is 5.12. The molecule has 1 aromatic heterocycles. The van der Waals surface area contributed by atoms with E-state index in [1.54, 1.807) is 34.4 Å². The molecule has 0 aliphatic carbocycles. The standard InChI is InChI=1S/C19H21N7O2S/c1-19(2,3)28-18(27)26-8-6-25(7-9-26)17-22-15-5-4-13(10-16(15)29-17)23-24-14(11-20)12-21/h4-5,10,23H,6-9H2,1-3H3. The second kappa shape index (κ2) is 8.33. The molecule has 1 amide bonds. The topological polar surface area (TPSA) is 118 Å². The van der Waals surface area contributed by atoms with E-state index in [4.69, 9.17) is 15.3 Å². The third-order valence-electron chi connectivity index (χ3n) is 4.09. The zero-order chi connectivity index (χ0) is 21.0. The van der Waals surface area contributed by atoms with Crippen molar-refractivity contribution in [2.75, 3.05) is 36.5 Å². The monoisotopic (exact) mass is 411 g/mol. The van der Waals surface area contributed by atoms with Gasteiger partial charge in [-0.2, -0.15) is 15.6 Å². The van der Waals surface area contributed by atoms with Gasteiger partial charge in [-0.15, -0.1) is 0 Å². The van der Waals surface area contributed by atoms with Gasteiger partial charge < -0.3 is 14.5 Å². The average Bonchev–Trinajstić information content (AvgIpc) is 3.11. The molecule has 0 saturated carbocycles. The number of aromatic nitrogens is 1. The van der Waals surface area contributed by atoms with Gasteiger partial charge in [0.1, 0.15) is 17.7 Å². The van der Waals surface area contributed by atoms with Crippen molar-refractivity contribution in [2.24, 2.45) is 5.10 Å². The van der Waals surface area contributed by atoms with Crippen molar-refractivity contribution >= 4 is 44.2 Å². The normalized spacial score (nSPS) is 14.1. The van der Waals surface area contributed by atoms with Crippen LogP contribution in [-0.2, 0) is 4.74 Å². The Bertz CT molecular complexity index is 1000. The largest absolute Gasteiger partial charge is 0.444 e. The fourth-order valence-electron chi connectivity index (χ4n) is 2.72. The van der Waals surface area contributed by atoms with Crippen LogP contribution >= 0.6 is 11.3 Å². The van der Waals surface area contributed by atoms with Crippen LogP contribution in [0.5, 0.6) is 0 Å². The van der Waals surface area contributed by atoms with Gasteiger partial charge in [0.05, 0.1) is 15.9 Å². The number of anilines is 2. The minimum absolute atomic E-state index is 0.238. The van der Waals surface area contributed by atoms with Gasteiger partial charge in [0, 0.05) is 26.2 Å². The first-order valence-corrected chi connectivity index (χ1v) is 9.88. The first kappa shape index (κ1) is 20.4. The Hall–Kier alpha value is -3.37. The van der Waals surface area contributed by atoms with Crippen molar-refractivity contribution in [2.45, 2.75) is 26.4 Å². The number of carbonyl (C=O) groups is 1. The molecule has 0 radical (unpaired) electrons. The molecule has 1 fully saturated rings. The van der Waals surface area contributed by atoms with Gasteiger partial charge in [-0.1, -0.05) is 11.3 Å². The quantitative estimate of drug-likeness (QED) is 0.609. The summed E-state index contributed by atoms with van der Waals surface area (Å²) in [7, 11) is 0. The van der Waals surface area contributed by atoms with Gasteiger partial charge in [-0.05, 0) is 39.0 Å². The molecule has 10 heteroatoms. The highest BCUT2D eigenvalue weighted by Gasteiger charge is 2.27. The fourth-order valence-corrected chi connectivity index (χ4v) is 3.78. The Morgan fingerprint density at radius 1 is 1.24 bits per heavy atom. The van der Waals surface area contributed by atoms with Gasteiger partial charge in [0.25, 0.3) is 0 Å². The summed E-state index contributed by atoms with van der Waals surface area (Å²) in [5.41, 5.74) is 3.50. The zero-order valence-electron chi connectivity index (χ0n) is 16.5. The second-order valence-electron chi connectivity index (χ2n) is 7.43. The summed E-state index contributed by atoms with van der Waals surface area (Å²) < 4.78 is 6.40. The smallest absolute Gasteiger partial charge is 0.410 e. The van der Waals surface area contributed by atoms with E-state index in [9.17, 15) is 4.79 Å². The molecule has 1 N–H and O–H groups in total. The van der Waals surface area contributed by atoms with Crippen LogP contribution in [0.3, 0.4) is 0 Å². The van der Waals surface area contributed by atoms with E-state index in [1.807, 2.05) is 32.9 Å². The summed E-state index contributed by atoms with van der Waals surface area (Å²) >= 11 is 1.55. The zero-order valence-corrected chi connectivity index (χ0v) is 17.3. The number of fused-ring (bicyclic) bond motifs is 1. The first-order valence-electron chi connectivity index (χ1n) is 9.06. The van der Waals surface area contributed by atoms with Crippen LogP contribution in [-0.4, -0.2) is 53.5 Å². The maximum absolute atomic E-state index is 12.2. The van der Waals surface area contributed by atoms with Gasteiger partial charge in [0.15, 0.2) is 5.13 Å². The number of rotatable bonds is 3. The highest BCUT2D eigenvalue weighted by Crippen LogP contribution is 2.31. The molecular formula is C19H21N7O2S. The third-order valence-corrected chi connectivity index (χ3v) is 5.17. The Morgan fingerprint density at radius 2 is 1.93 bits per heavy atom. The lowest BCUT2D eigenvalue weighted by Crippen LogP contribution is -2.50. The summed E-state index contributed by atoms with van der Waals surface area (Å²) in [6.07, 6.45) is -0.285. The number of amides is 1. The highest BCUT2D eigenvalue weighted by molar-refractivity contribution is 7.22. The van der Waals surface area contributed by atoms with Crippen LogP contribution in [0.25, 0.3) is 10.2 Å². The van der Waals surface area contributed by atoms with E-state index in [0.717, 1.165) is 15.3 Å². The van der Waals surface area contributed by atoms with Crippen LogP contribution in [0.15, 0.2) is 23.3 Å². The molecule has 3 rings (SSSR count). The number of piperazine rings is 1. The van der Waals surface area contributed by atoms with Gasteiger partial charge >= 0.3 is 6.09 Å². The maximum Gasteiger partial charge on any atom is 0.410 e. The Morgan fingerprint density at radius 3 is 2.55 bits per heavy atom. The molecule has 29 heavy (non-hydrogen) atoms. The number of ether oxygens (including phenoxy) is 1. The van der Waals surface area contributed by atoms with Gasteiger partial charge in [-0.3, -0.25) is 5.43 Å². The number of carbonyl (C=O) groups excluding carboxylic acids is 1. The lowest BCUT2D eigenvalue weighted by molar-refractivity contribution is 0.0240. The van der Waals surface area contributed by atoms with Crippen molar-refractivity contribution in [3.8, 4) is 12.1 Å². The number of nitrogens with one attached hydrogen (secondary N) is 1. The van der Waals surface area contributed by atoms with Crippen molar-refractivity contribution in [1.82, 2.24) is 9.88 Å². The summed E-state index contributed by atoms with van der Waals surface area (Å²) in [5.74, 6) is 0. The molecular weight excluding hydrogens is 390 g/mol. The first-order chi connectivity index (χ1) is 13.8. The van der Waals surface area contributed by atoms with Gasteiger partial charge in [0.2, 0.25) is 5.71 Å². The molecule has 1 aromatic carbocycles.